The van der Waals surface area contributed by atoms with Gasteiger partial charge in [-0.05, 0) is 50.8 Å². The lowest BCUT2D eigenvalue weighted by atomic mass is 9.93. The van der Waals surface area contributed by atoms with Gasteiger partial charge in [-0.15, -0.1) is 0 Å². The summed E-state index contributed by atoms with van der Waals surface area (Å²) in [7, 11) is 1.68. The molecular formula is C17H23N3O. The van der Waals surface area contributed by atoms with Crippen molar-refractivity contribution in [1.82, 2.24) is 5.32 Å². The number of methoxy groups -OCH3 is 1. The van der Waals surface area contributed by atoms with Gasteiger partial charge in [0.05, 0.1) is 18.4 Å². The second kappa shape index (κ2) is 6.36. The number of nitrogens with one attached hydrogen (secondary N) is 1. The predicted molar refractivity (Wildman–Crippen MR) is 83.7 cm³/mol. The summed E-state index contributed by atoms with van der Waals surface area (Å²) in [5.74, 6) is 0.827. The Labute approximate surface area is 126 Å². The van der Waals surface area contributed by atoms with E-state index in [1.165, 1.54) is 32.1 Å². The van der Waals surface area contributed by atoms with Crippen LogP contribution >= 0.6 is 0 Å². The highest BCUT2D eigenvalue weighted by Gasteiger charge is 2.32. The first kappa shape index (κ1) is 14.2. The van der Waals surface area contributed by atoms with Gasteiger partial charge in [-0.2, -0.15) is 5.26 Å². The van der Waals surface area contributed by atoms with Crippen LogP contribution in [-0.2, 0) is 0 Å². The molecule has 1 aromatic carbocycles. The Bertz CT molecular complexity index is 531. The van der Waals surface area contributed by atoms with E-state index >= 15 is 0 Å². The average Bonchev–Trinajstić information content (AvgIpc) is 3.08. The minimum Gasteiger partial charge on any atom is -0.497 e. The Hall–Kier alpha value is -1.73. The average molecular weight is 285 g/mol. The molecule has 0 saturated carbocycles. The smallest absolute Gasteiger partial charge is 0.121 e. The molecule has 2 saturated heterocycles. The van der Waals surface area contributed by atoms with Crippen molar-refractivity contribution in [3.05, 3.63) is 23.8 Å². The van der Waals surface area contributed by atoms with E-state index in [1.54, 1.807) is 7.11 Å². The van der Waals surface area contributed by atoms with Crippen LogP contribution in [-0.4, -0.2) is 32.3 Å². The number of hydrogen-bond donors (Lipinski definition) is 1. The number of nitriles is 1. The molecule has 0 amide bonds. The Morgan fingerprint density at radius 1 is 1.29 bits per heavy atom. The van der Waals surface area contributed by atoms with Crippen molar-refractivity contribution in [1.29, 1.82) is 5.26 Å². The Morgan fingerprint density at radius 3 is 2.90 bits per heavy atom. The minimum absolute atomic E-state index is 0.500. The van der Waals surface area contributed by atoms with Crippen LogP contribution in [0, 0.1) is 11.3 Å². The Morgan fingerprint density at radius 2 is 2.19 bits per heavy atom. The molecule has 3 rings (SSSR count). The van der Waals surface area contributed by atoms with Crippen LogP contribution in [0.2, 0.25) is 0 Å². The molecule has 2 heterocycles. The zero-order valence-corrected chi connectivity index (χ0v) is 12.6. The van der Waals surface area contributed by atoms with Gasteiger partial charge in [0, 0.05) is 24.7 Å². The summed E-state index contributed by atoms with van der Waals surface area (Å²) in [5.41, 5.74) is 1.79. The van der Waals surface area contributed by atoms with Crippen molar-refractivity contribution in [3.63, 3.8) is 0 Å². The molecule has 4 nitrogen and oxygen atoms in total. The van der Waals surface area contributed by atoms with Crippen molar-refractivity contribution in [2.24, 2.45) is 0 Å². The molecule has 2 aliphatic rings. The van der Waals surface area contributed by atoms with E-state index in [1.807, 2.05) is 18.2 Å². The number of nitrogens with zero attached hydrogens (tertiary/aromatic N) is 2. The number of hydrogen-bond acceptors (Lipinski definition) is 4. The zero-order valence-electron chi connectivity index (χ0n) is 12.6. The van der Waals surface area contributed by atoms with E-state index in [2.05, 4.69) is 16.3 Å². The van der Waals surface area contributed by atoms with Crippen LogP contribution < -0.4 is 15.0 Å². The number of rotatable bonds is 3. The van der Waals surface area contributed by atoms with Gasteiger partial charge in [-0.3, -0.25) is 0 Å². The van der Waals surface area contributed by atoms with Crippen molar-refractivity contribution < 1.29 is 4.74 Å². The van der Waals surface area contributed by atoms with Crippen molar-refractivity contribution in [3.8, 4) is 11.8 Å². The van der Waals surface area contributed by atoms with Gasteiger partial charge in [0.1, 0.15) is 11.8 Å². The van der Waals surface area contributed by atoms with E-state index in [4.69, 9.17) is 4.74 Å². The normalized spacial score (nSPS) is 25.6. The fraction of sp³-hybridized carbons (Fsp3) is 0.588. The lowest BCUT2D eigenvalue weighted by molar-refractivity contribution is 0.376. The quantitative estimate of drug-likeness (QED) is 0.927. The number of ether oxygens (including phenoxy) is 1. The molecule has 1 N–H and O–H groups in total. The molecule has 0 aliphatic carbocycles. The Kier molecular flexibility index (Phi) is 4.31. The molecule has 2 fully saturated rings. The van der Waals surface area contributed by atoms with E-state index in [0.29, 0.717) is 12.1 Å². The Balaban J connectivity index is 1.93. The lowest BCUT2D eigenvalue weighted by Crippen LogP contribution is -2.50. The lowest BCUT2D eigenvalue weighted by Gasteiger charge is -2.41. The summed E-state index contributed by atoms with van der Waals surface area (Å²) in [4.78, 5) is 2.44. The fourth-order valence-corrected chi connectivity index (χ4v) is 3.69. The molecule has 112 valence electrons. The third-order valence-electron chi connectivity index (χ3n) is 4.75. The number of anilines is 1. The SMILES string of the molecule is COc1ccc(C#N)c(N2CCCCC2C2CCCN2)c1. The number of piperidine rings is 1. The molecule has 1 aromatic rings. The molecule has 0 aromatic heterocycles. The van der Waals surface area contributed by atoms with Crippen molar-refractivity contribution in [2.75, 3.05) is 25.1 Å². The predicted octanol–water partition coefficient (Wildman–Crippen LogP) is 2.68. The van der Waals surface area contributed by atoms with Crippen molar-refractivity contribution >= 4 is 5.69 Å². The summed E-state index contributed by atoms with van der Waals surface area (Å²) < 4.78 is 5.35. The molecular weight excluding hydrogens is 262 g/mol. The van der Waals surface area contributed by atoms with Gasteiger partial charge in [0.15, 0.2) is 0 Å². The van der Waals surface area contributed by atoms with Crippen LogP contribution in [0.15, 0.2) is 18.2 Å². The van der Waals surface area contributed by atoms with E-state index in [0.717, 1.165) is 30.1 Å². The van der Waals surface area contributed by atoms with Crippen LogP contribution in [0.3, 0.4) is 0 Å². The third kappa shape index (κ3) is 2.84. The topological polar surface area (TPSA) is 48.3 Å². The van der Waals surface area contributed by atoms with Crippen LogP contribution in [0.1, 0.15) is 37.7 Å². The van der Waals surface area contributed by atoms with Gasteiger partial charge in [0.2, 0.25) is 0 Å². The van der Waals surface area contributed by atoms with Gasteiger partial charge >= 0.3 is 0 Å². The molecule has 21 heavy (non-hydrogen) atoms. The maximum absolute atomic E-state index is 9.43. The van der Waals surface area contributed by atoms with E-state index in [9.17, 15) is 5.26 Å². The van der Waals surface area contributed by atoms with Gasteiger partial charge < -0.3 is 15.0 Å². The molecule has 2 unspecified atom stereocenters. The first-order valence-electron chi connectivity index (χ1n) is 7.91. The van der Waals surface area contributed by atoms with Crippen LogP contribution in [0.5, 0.6) is 5.75 Å². The van der Waals surface area contributed by atoms with Gasteiger partial charge in [-0.1, -0.05) is 0 Å². The summed E-state index contributed by atoms with van der Waals surface area (Å²) in [6, 6.07) is 9.16. The molecule has 0 bridgehead atoms. The number of benzene rings is 1. The second-order valence-corrected chi connectivity index (χ2v) is 5.95. The summed E-state index contributed by atoms with van der Waals surface area (Å²) in [6.45, 7) is 2.16. The van der Waals surface area contributed by atoms with E-state index in [-0.39, 0.29) is 0 Å². The maximum Gasteiger partial charge on any atom is 0.121 e. The molecule has 0 spiro atoms. The van der Waals surface area contributed by atoms with Gasteiger partial charge in [0.25, 0.3) is 0 Å². The highest BCUT2D eigenvalue weighted by molar-refractivity contribution is 5.63. The minimum atomic E-state index is 0.500. The molecule has 2 aliphatic heterocycles. The second-order valence-electron chi connectivity index (χ2n) is 5.95. The first-order valence-corrected chi connectivity index (χ1v) is 7.91. The molecule has 2 atom stereocenters. The fourth-order valence-electron chi connectivity index (χ4n) is 3.69. The summed E-state index contributed by atoms with van der Waals surface area (Å²) >= 11 is 0. The molecule has 0 radical (unpaired) electrons. The standard InChI is InChI=1S/C17H23N3O/c1-21-14-8-7-13(12-18)17(11-14)20-10-3-2-6-16(20)15-5-4-9-19-15/h7-8,11,15-16,19H,2-6,9-10H2,1H3. The highest BCUT2D eigenvalue weighted by atomic mass is 16.5. The van der Waals surface area contributed by atoms with Crippen LogP contribution in [0.25, 0.3) is 0 Å². The summed E-state index contributed by atoms with van der Waals surface area (Å²) in [5, 5.41) is 13.1. The summed E-state index contributed by atoms with van der Waals surface area (Å²) in [6.07, 6.45) is 6.20. The zero-order chi connectivity index (χ0) is 14.7. The van der Waals surface area contributed by atoms with E-state index < -0.39 is 0 Å². The van der Waals surface area contributed by atoms with Gasteiger partial charge in [-0.25, -0.2) is 0 Å². The monoisotopic (exact) mass is 285 g/mol. The third-order valence-corrected chi connectivity index (χ3v) is 4.75. The maximum atomic E-state index is 9.43. The first-order chi connectivity index (χ1) is 10.3. The van der Waals surface area contributed by atoms with Crippen LogP contribution in [0.4, 0.5) is 5.69 Å². The van der Waals surface area contributed by atoms with Crippen molar-refractivity contribution in [2.45, 2.75) is 44.2 Å². The largest absolute Gasteiger partial charge is 0.497 e. The highest BCUT2D eigenvalue weighted by Crippen LogP contribution is 2.33. The molecule has 4 heteroatoms.